The molecule has 122 valence electrons. The number of nitrogens with zero attached hydrogens (tertiary/aromatic N) is 1. The zero-order valence-corrected chi connectivity index (χ0v) is 13.8. The molecule has 0 saturated carbocycles. The highest BCUT2D eigenvalue weighted by Gasteiger charge is 2.25. The van der Waals surface area contributed by atoms with Gasteiger partial charge in [0.1, 0.15) is 5.75 Å². The van der Waals surface area contributed by atoms with Gasteiger partial charge in [-0.2, -0.15) is 0 Å². The first-order valence-electron chi connectivity index (χ1n) is 8.37. The minimum atomic E-state index is 0.282. The first-order chi connectivity index (χ1) is 10.7. The van der Waals surface area contributed by atoms with Gasteiger partial charge >= 0.3 is 0 Å². The highest BCUT2D eigenvalue weighted by molar-refractivity contribution is 5.76. The maximum Gasteiger partial charge on any atom is 0.222 e. The Morgan fingerprint density at radius 2 is 2.14 bits per heavy atom. The molecule has 1 saturated heterocycles. The molecule has 1 N–H and O–H groups in total. The van der Waals surface area contributed by atoms with Crippen molar-refractivity contribution in [1.82, 2.24) is 10.2 Å². The van der Waals surface area contributed by atoms with Crippen LogP contribution < -0.4 is 10.1 Å². The lowest BCUT2D eigenvalue weighted by Gasteiger charge is -2.16. The van der Waals surface area contributed by atoms with Crippen LogP contribution >= 0.6 is 0 Å². The van der Waals surface area contributed by atoms with E-state index in [1.54, 1.807) is 0 Å². The highest BCUT2D eigenvalue weighted by Crippen LogP contribution is 2.18. The summed E-state index contributed by atoms with van der Waals surface area (Å²) in [6.45, 7) is 5.67. The molecule has 0 bridgehead atoms. The van der Waals surface area contributed by atoms with Crippen molar-refractivity contribution in [2.75, 3.05) is 33.3 Å². The summed E-state index contributed by atoms with van der Waals surface area (Å²) in [5.41, 5.74) is 1.20. The molecule has 1 unspecified atom stereocenters. The van der Waals surface area contributed by atoms with Gasteiger partial charge in [-0.15, -0.1) is 0 Å². The topological polar surface area (TPSA) is 41.6 Å². The van der Waals surface area contributed by atoms with Gasteiger partial charge in [0, 0.05) is 19.5 Å². The van der Waals surface area contributed by atoms with Crippen LogP contribution in [0, 0.1) is 5.92 Å². The van der Waals surface area contributed by atoms with Crippen molar-refractivity contribution in [1.29, 1.82) is 0 Å². The van der Waals surface area contributed by atoms with Crippen LogP contribution in [0.2, 0.25) is 0 Å². The van der Waals surface area contributed by atoms with Gasteiger partial charge < -0.3 is 15.0 Å². The van der Waals surface area contributed by atoms with Crippen molar-refractivity contribution < 1.29 is 9.53 Å². The van der Waals surface area contributed by atoms with Gasteiger partial charge in [0.25, 0.3) is 0 Å². The van der Waals surface area contributed by atoms with E-state index in [0.29, 0.717) is 12.3 Å². The van der Waals surface area contributed by atoms with Crippen LogP contribution in [0.15, 0.2) is 24.3 Å². The van der Waals surface area contributed by atoms with Crippen molar-refractivity contribution in [2.45, 2.75) is 32.6 Å². The highest BCUT2D eigenvalue weighted by atomic mass is 16.5. The number of amides is 1. The molecular formula is C18H28N2O2. The average Bonchev–Trinajstić information content (AvgIpc) is 3.01. The van der Waals surface area contributed by atoms with Crippen molar-refractivity contribution in [2.24, 2.45) is 5.92 Å². The van der Waals surface area contributed by atoms with E-state index in [-0.39, 0.29) is 5.91 Å². The summed E-state index contributed by atoms with van der Waals surface area (Å²) in [6, 6.07) is 8.11. The van der Waals surface area contributed by atoms with E-state index in [1.807, 2.05) is 24.1 Å². The number of carbonyl (C=O) groups excluding carboxylic acids is 1. The fourth-order valence-electron chi connectivity index (χ4n) is 2.90. The van der Waals surface area contributed by atoms with Crippen LogP contribution in [-0.4, -0.2) is 44.1 Å². The second-order valence-corrected chi connectivity index (χ2v) is 6.04. The molecule has 1 aromatic rings. The number of likely N-dealkylation sites (tertiary alicyclic amines) is 1. The van der Waals surface area contributed by atoms with E-state index in [4.69, 9.17) is 4.74 Å². The van der Waals surface area contributed by atoms with Crippen molar-refractivity contribution >= 4 is 5.91 Å². The number of nitrogens with one attached hydrogen (secondary N) is 1. The van der Waals surface area contributed by atoms with Gasteiger partial charge in [0.05, 0.1) is 6.61 Å². The lowest BCUT2D eigenvalue weighted by atomic mass is 10.1. The third-order valence-corrected chi connectivity index (χ3v) is 4.16. The second kappa shape index (κ2) is 8.79. The van der Waals surface area contributed by atoms with Crippen molar-refractivity contribution in [3.8, 4) is 5.75 Å². The Hall–Kier alpha value is -1.55. The molecule has 1 heterocycles. The Bertz CT molecular complexity index is 459. The molecule has 4 heteroatoms. The minimum absolute atomic E-state index is 0.282. The number of benzene rings is 1. The Morgan fingerprint density at radius 1 is 1.36 bits per heavy atom. The van der Waals surface area contributed by atoms with E-state index >= 15 is 0 Å². The quantitative estimate of drug-likeness (QED) is 0.802. The standard InChI is InChI=1S/C18H28N2O2/c1-3-12-22-17-7-4-15(5-8-17)6-9-18(21)20-11-10-16(14-20)13-19-2/h4-5,7-8,16,19H,3,6,9-14H2,1-2H3. The van der Waals surface area contributed by atoms with Gasteiger partial charge in [-0.1, -0.05) is 19.1 Å². The van der Waals surface area contributed by atoms with Crippen LogP contribution in [0.25, 0.3) is 0 Å². The number of carbonyl (C=O) groups is 1. The van der Waals surface area contributed by atoms with Gasteiger partial charge in [-0.3, -0.25) is 4.79 Å². The van der Waals surface area contributed by atoms with E-state index < -0.39 is 0 Å². The number of hydrogen-bond donors (Lipinski definition) is 1. The van der Waals surface area contributed by atoms with Crippen molar-refractivity contribution in [3.05, 3.63) is 29.8 Å². The molecule has 1 atom stereocenters. The molecule has 1 amide bonds. The van der Waals surface area contributed by atoms with Gasteiger partial charge in [-0.25, -0.2) is 0 Å². The lowest BCUT2D eigenvalue weighted by molar-refractivity contribution is -0.130. The molecular weight excluding hydrogens is 276 g/mol. The number of hydrogen-bond acceptors (Lipinski definition) is 3. The zero-order chi connectivity index (χ0) is 15.8. The first-order valence-corrected chi connectivity index (χ1v) is 8.37. The number of rotatable bonds is 8. The van der Waals surface area contributed by atoms with Gasteiger partial charge in [0.15, 0.2) is 0 Å². The fraction of sp³-hybridized carbons (Fsp3) is 0.611. The summed E-state index contributed by atoms with van der Waals surface area (Å²) in [5, 5.41) is 3.20. The third-order valence-electron chi connectivity index (χ3n) is 4.16. The molecule has 0 spiro atoms. The summed E-state index contributed by atoms with van der Waals surface area (Å²) in [6.07, 6.45) is 3.54. The monoisotopic (exact) mass is 304 g/mol. The van der Waals surface area contributed by atoms with Crippen LogP contribution in [0.1, 0.15) is 31.7 Å². The Kier molecular flexibility index (Phi) is 6.72. The predicted molar refractivity (Wildman–Crippen MR) is 89.2 cm³/mol. The summed E-state index contributed by atoms with van der Waals surface area (Å²) in [7, 11) is 1.97. The Morgan fingerprint density at radius 3 is 2.82 bits per heavy atom. The molecule has 0 radical (unpaired) electrons. The van der Waals surface area contributed by atoms with E-state index in [9.17, 15) is 4.79 Å². The molecule has 2 rings (SSSR count). The SMILES string of the molecule is CCCOc1ccc(CCC(=O)N2CCC(CNC)C2)cc1. The molecule has 1 aromatic carbocycles. The molecule has 1 aliphatic rings. The Balaban J connectivity index is 1.74. The summed E-state index contributed by atoms with van der Waals surface area (Å²) in [4.78, 5) is 14.3. The van der Waals surface area contributed by atoms with Gasteiger partial charge in [0.2, 0.25) is 5.91 Å². The van der Waals surface area contributed by atoms with Crippen LogP contribution in [0.4, 0.5) is 0 Å². The molecule has 22 heavy (non-hydrogen) atoms. The molecule has 0 aromatic heterocycles. The first kappa shape index (κ1) is 16.8. The van der Waals surface area contributed by atoms with Crippen LogP contribution in [0.3, 0.4) is 0 Å². The molecule has 1 aliphatic heterocycles. The summed E-state index contributed by atoms with van der Waals surface area (Å²) >= 11 is 0. The van der Waals surface area contributed by atoms with Crippen LogP contribution in [-0.2, 0) is 11.2 Å². The smallest absolute Gasteiger partial charge is 0.222 e. The van der Waals surface area contributed by atoms with E-state index in [2.05, 4.69) is 24.4 Å². The normalized spacial score (nSPS) is 17.7. The number of aryl methyl sites for hydroxylation is 1. The van der Waals surface area contributed by atoms with E-state index in [1.165, 1.54) is 5.56 Å². The van der Waals surface area contributed by atoms with Crippen molar-refractivity contribution in [3.63, 3.8) is 0 Å². The molecule has 1 fully saturated rings. The largest absolute Gasteiger partial charge is 0.494 e. The zero-order valence-electron chi connectivity index (χ0n) is 13.8. The Labute approximate surface area is 133 Å². The lowest BCUT2D eigenvalue weighted by Crippen LogP contribution is -2.30. The third kappa shape index (κ3) is 5.02. The maximum atomic E-state index is 12.3. The van der Waals surface area contributed by atoms with Crippen LogP contribution in [0.5, 0.6) is 5.75 Å². The summed E-state index contributed by atoms with van der Waals surface area (Å²) in [5.74, 6) is 1.81. The van der Waals surface area contributed by atoms with Gasteiger partial charge in [-0.05, 0) is 56.5 Å². The van der Waals surface area contributed by atoms with E-state index in [0.717, 1.165) is 51.3 Å². The number of ether oxygens (including phenoxy) is 1. The molecule has 0 aliphatic carbocycles. The average molecular weight is 304 g/mol. The predicted octanol–water partition coefficient (Wildman–Crippen LogP) is 2.48. The molecule has 4 nitrogen and oxygen atoms in total. The maximum absolute atomic E-state index is 12.3. The minimum Gasteiger partial charge on any atom is -0.494 e. The fourth-order valence-corrected chi connectivity index (χ4v) is 2.90. The summed E-state index contributed by atoms with van der Waals surface area (Å²) < 4.78 is 5.57. The second-order valence-electron chi connectivity index (χ2n) is 6.04.